The molecule has 3 nitrogen and oxygen atoms in total. The number of aliphatic hydroxyl groups is 1. The minimum absolute atomic E-state index is 0.0376. The maximum absolute atomic E-state index is 12.6. The van der Waals surface area contributed by atoms with E-state index in [0.717, 1.165) is 6.20 Å². The Morgan fingerprint density at radius 3 is 2.62 bits per heavy atom. The number of rotatable bonds is 4. The van der Waals surface area contributed by atoms with Gasteiger partial charge in [-0.1, -0.05) is 0 Å². The molecule has 4 heteroatoms. The Kier molecular flexibility index (Phi) is 4.38. The second-order valence-electron chi connectivity index (χ2n) is 4.88. The first-order valence-corrected chi connectivity index (χ1v) is 5.43. The summed E-state index contributed by atoms with van der Waals surface area (Å²) in [5.41, 5.74) is 0.549. The molecule has 1 aromatic heterocycles. The Morgan fingerprint density at radius 2 is 2.12 bits per heavy atom. The molecule has 1 aromatic rings. The largest absolute Gasteiger partial charge is 0.387 e. The minimum Gasteiger partial charge on any atom is -0.387 e. The number of pyridine rings is 1. The third-order valence-corrected chi connectivity index (χ3v) is 2.16. The first-order valence-electron chi connectivity index (χ1n) is 5.43. The number of hydrogen-bond acceptors (Lipinski definition) is 3. The maximum atomic E-state index is 12.6. The molecule has 0 aliphatic rings. The molecule has 0 amide bonds. The van der Waals surface area contributed by atoms with Crippen LogP contribution in [0.1, 0.15) is 39.0 Å². The van der Waals surface area contributed by atoms with Crippen molar-refractivity contribution < 1.29 is 9.50 Å². The van der Waals surface area contributed by atoms with E-state index in [1.54, 1.807) is 0 Å². The van der Waals surface area contributed by atoms with Gasteiger partial charge in [-0.2, -0.15) is 0 Å². The smallest absolute Gasteiger partial charge is 0.141 e. The zero-order chi connectivity index (χ0) is 12.2. The van der Waals surface area contributed by atoms with Gasteiger partial charge in [0.1, 0.15) is 5.82 Å². The maximum Gasteiger partial charge on any atom is 0.141 e. The fraction of sp³-hybridized carbons (Fsp3) is 0.583. The summed E-state index contributed by atoms with van der Waals surface area (Å²) in [5.74, 6) is -0.385. The minimum atomic E-state index is -0.643. The van der Waals surface area contributed by atoms with E-state index in [1.807, 2.05) is 0 Å². The molecule has 1 unspecified atom stereocenters. The summed E-state index contributed by atoms with van der Waals surface area (Å²) in [4.78, 5) is 3.84. The van der Waals surface area contributed by atoms with Gasteiger partial charge in [0.15, 0.2) is 0 Å². The molecule has 0 saturated carbocycles. The molecule has 1 atom stereocenters. The van der Waals surface area contributed by atoms with E-state index in [4.69, 9.17) is 0 Å². The summed E-state index contributed by atoms with van der Waals surface area (Å²) in [6, 6.07) is 2.82. The summed E-state index contributed by atoms with van der Waals surface area (Å²) in [6.45, 7) is 6.89. The Labute approximate surface area is 95.7 Å². The lowest BCUT2D eigenvalue weighted by Gasteiger charge is -2.21. The second kappa shape index (κ2) is 5.37. The third kappa shape index (κ3) is 4.68. The first kappa shape index (κ1) is 13.1. The van der Waals surface area contributed by atoms with Crippen molar-refractivity contribution >= 4 is 0 Å². The molecule has 90 valence electrons. The lowest BCUT2D eigenvalue weighted by molar-refractivity contribution is 0.158. The van der Waals surface area contributed by atoms with Crippen molar-refractivity contribution in [3.05, 3.63) is 29.8 Å². The average molecular weight is 226 g/mol. The SMILES string of the molecule is CC(C)(C)NCCC(O)c1ccc(F)cn1. The molecule has 0 bridgehead atoms. The summed E-state index contributed by atoms with van der Waals surface area (Å²) < 4.78 is 12.6. The fourth-order valence-corrected chi connectivity index (χ4v) is 1.32. The van der Waals surface area contributed by atoms with Crippen LogP contribution in [0.4, 0.5) is 4.39 Å². The van der Waals surface area contributed by atoms with Gasteiger partial charge in [-0.15, -0.1) is 0 Å². The number of aliphatic hydroxyl groups excluding tert-OH is 1. The molecule has 0 fully saturated rings. The molecule has 16 heavy (non-hydrogen) atoms. The van der Waals surface area contributed by atoms with Gasteiger partial charge >= 0.3 is 0 Å². The number of hydrogen-bond donors (Lipinski definition) is 2. The highest BCUT2D eigenvalue weighted by Gasteiger charge is 2.12. The van der Waals surface area contributed by atoms with Crippen LogP contribution < -0.4 is 5.32 Å². The van der Waals surface area contributed by atoms with Crippen LogP contribution in [0.25, 0.3) is 0 Å². The Morgan fingerprint density at radius 1 is 1.44 bits per heavy atom. The molecular weight excluding hydrogens is 207 g/mol. The van der Waals surface area contributed by atoms with E-state index in [0.29, 0.717) is 18.7 Å². The Balaban J connectivity index is 2.41. The average Bonchev–Trinajstić information content (AvgIpc) is 2.16. The second-order valence-corrected chi connectivity index (χ2v) is 4.88. The monoisotopic (exact) mass is 226 g/mol. The van der Waals surface area contributed by atoms with E-state index in [1.165, 1.54) is 12.1 Å². The van der Waals surface area contributed by atoms with E-state index in [9.17, 15) is 9.50 Å². The van der Waals surface area contributed by atoms with Gasteiger partial charge in [0, 0.05) is 5.54 Å². The highest BCUT2D eigenvalue weighted by atomic mass is 19.1. The standard InChI is InChI=1S/C12H19FN2O/c1-12(2,3)15-7-6-11(16)10-5-4-9(13)8-14-10/h4-5,8,11,15-16H,6-7H2,1-3H3. The van der Waals surface area contributed by atoms with Crippen LogP contribution in [-0.4, -0.2) is 22.2 Å². The van der Waals surface area contributed by atoms with Gasteiger partial charge < -0.3 is 10.4 Å². The molecule has 0 spiro atoms. The van der Waals surface area contributed by atoms with Crippen LogP contribution in [0, 0.1) is 5.82 Å². The van der Waals surface area contributed by atoms with Crippen molar-refractivity contribution in [3.63, 3.8) is 0 Å². The van der Waals surface area contributed by atoms with Gasteiger partial charge in [-0.05, 0) is 45.9 Å². The van der Waals surface area contributed by atoms with Crippen molar-refractivity contribution in [3.8, 4) is 0 Å². The molecular formula is C12H19FN2O. The van der Waals surface area contributed by atoms with Gasteiger partial charge in [0.05, 0.1) is 18.0 Å². The van der Waals surface area contributed by atoms with Gasteiger partial charge in [-0.25, -0.2) is 4.39 Å². The summed E-state index contributed by atoms with van der Waals surface area (Å²) in [7, 11) is 0. The third-order valence-electron chi connectivity index (χ3n) is 2.16. The van der Waals surface area contributed by atoms with E-state index in [2.05, 4.69) is 31.1 Å². The number of nitrogens with zero attached hydrogens (tertiary/aromatic N) is 1. The topological polar surface area (TPSA) is 45.1 Å². The van der Waals surface area contributed by atoms with Crippen LogP contribution in [0.2, 0.25) is 0 Å². The molecule has 0 aliphatic carbocycles. The zero-order valence-electron chi connectivity index (χ0n) is 10.00. The van der Waals surface area contributed by atoms with Crippen molar-refractivity contribution in [1.29, 1.82) is 0 Å². The van der Waals surface area contributed by atoms with E-state index >= 15 is 0 Å². The molecule has 1 rings (SSSR count). The number of halogens is 1. The van der Waals surface area contributed by atoms with Gasteiger partial charge in [-0.3, -0.25) is 4.98 Å². The highest BCUT2D eigenvalue weighted by Crippen LogP contribution is 2.13. The lowest BCUT2D eigenvalue weighted by Crippen LogP contribution is -2.36. The molecule has 0 radical (unpaired) electrons. The van der Waals surface area contributed by atoms with E-state index < -0.39 is 6.10 Å². The van der Waals surface area contributed by atoms with Crippen molar-refractivity contribution in [1.82, 2.24) is 10.3 Å². The van der Waals surface area contributed by atoms with Crippen LogP contribution in [-0.2, 0) is 0 Å². The van der Waals surface area contributed by atoms with Crippen molar-refractivity contribution in [2.24, 2.45) is 0 Å². The zero-order valence-corrected chi connectivity index (χ0v) is 10.00. The van der Waals surface area contributed by atoms with Crippen LogP contribution in [0.3, 0.4) is 0 Å². The van der Waals surface area contributed by atoms with Crippen molar-refractivity contribution in [2.45, 2.75) is 38.8 Å². The quantitative estimate of drug-likeness (QED) is 0.825. The summed E-state index contributed by atoms with van der Waals surface area (Å²) in [5, 5.41) is 13.1. The summed E-state index contributed by atoms with van der Waals surface area (Å²) >= 11 is 0. The molecule has 0 aliphatic heterocycles. The van der Waals surface area contributed by atoms with Gasteiger partial charge in [0.2, 0.25) is 0 Å². The molecule has 1 heterocycles. The fourth-order valence-electron chi connectivity index (χ4n) is 1.32. The normalized spacial score (nSPS) is 13.8. The molecule has 0 aromatic carbocycles. The predicted octanol–water partition coefficient (Wildman–Crippen LogP) is 2.03. The van der Waals surface area contributed by atoms with E-state index in [-0.39, 0.29) is 11.4 Å². The Bertz CT molecular complexity index is 319. The molecule has 0 saturated heterocycles. The number of nitrogens with one attached hydrogen (secondary N) is 1. The Hall–Kier alpha value is -1.00. The predicted molar refractivity (Wildman–Crippen MR) is 61.5 cm³/mol. The highest BCUT2D eigenvalue weighted by molar-refractivity contribution is 5.07. The van der Waals surface area contributed by atoms with Crippen LogP contribution in [0.5, 0.6) is 0 Å². The molecule has 2 N–H and O–H groups in total. The number of aromatic nitrogens is 1. The summed E-state index contributed by atoms with van der Waals surface area (Å²) in [6.07, 6.45) is 1.04. The van der Waals surface area contributed by atoms with Crippen LogP contribution in [0.15, 0.2) is 18.3 Å². The first-order chi connectivity index (χ1) is 7.38. The van der Waals surface area contributed by atoms with Gasteiger partial charge in [0.25, 0.3) is 0 Å². The lowest BCUT2D eigenvalue weighted by atomic mass is 10.1. The van der Waals surface area contributed by atoms with Crippen LogP contribution >= 0.6 is 0 Å². The van der Waals surface area contributed by atoms with Crippen molar-refractivity contribution in [2.75, 3.05) is 6.54 Å².